The minimum atomic E-state index is -0.587. The Bertz CT molecular complexity index is 408. The van der Waals surface area contributed by atoms with Gasteiger partial charge in [-0.3, -0.25) is 0 Å². The molecule has 0 aromatic heterocycles. The van der Waals surface area contributed by atoms with Gasteiger partial charge >= 0.3 is 0 Å². The molecule has 17 heavy (non-hydrogen) atoms. The van der Waals surface area contributed by atoms with Gasteiger partial charge in [-0.15, -0.1) is 12.4 Å². The molecule has 0 bridgehead atoms. The van der Waals surface area contributed by atoms with Crippen molar-refractivity contribution in [2.45, 2.75) is 43.4 Å². The van der Waals surface area contributed by atoms with E-state index in [4.69, 9.17) is 0 Å². The molecule has 94 valence electrons. The molecule has 2 fully saturated rings. The fourth-order valence-corrected chi connectivity index (χ4v) is 2.67. The molecule has 1 saturated heterocycles. The van der Waals surface area contributed by atoms with Gasteiger partial charge in [-0.05, 0) is 43.4 Å². The van der Waals surface area contributed by atoms with Crippen molar-refractivity contribution in [1.82, 2.24) is 5.32 Å². The van der Waals surface area contributed by atoms with Crippen LogP contribution in [0.25, 0.3) is 0 Å². The molecule has 1 aliphatic carbocycles. The number of hydrogen-bond acceptors (Lipinski definition) is 2. The van der Waals surface area contributed by atoms with E-state index < -0.39 is 6.10 Å². The average molecular weight is 258 g/mol. The van der Waals surface area contributed by atoms with E-state index in [0.717, 1.165) is 12.8 Å². The summed E-state index contributed by atoms with van der Waals surface area (Å²) in [5.41, 5.74) is 0.995. The van der Waals surface area contributed by atoms with Crippen LogP contribution < -0.4 is 5.32 Å². The Morgan fingerprint density at radius 2 is 2.12 bits per heavy atom. The van der Waals surface area contributed by atoms with Crippen molar-refractivity contribution in [2.24, 2.45) is 0 Å². The van der Waals surface area contributed by atoms with Gasteiger partial charge in [0.25, 0.3) is 0 Å². The fraction of sp³-hybridized carbons (Fsp3) is 0.538. The van der Waals surface area contributed by atoms with Crippen molar-refractivity contribution in [3.63, 3.8) is 0 Å². The smallest absolute Gasteiger partial charge is 0.123 e. The van der Waals surface area contributed by atoms with Crippen molar-refractivity contribution < 1.29 is 9.50 Å². The van der Waals surface area contributed by atoms with E-state index in [2.05, 4.69) is 5.32 Å². The zero-order valence-electron chi connectivity index (χ0n) is 9.53. The first-order chi connectivity index (χ1) is 7.69. The van der Waals surface area contributed by atoms with Gasteiger partial charge in [-0.1, -0.05) is 12.1 Å². The number of halogens is 2. The molecule has 1 heterocycles. The highest BCUT2D eigenvalue weighted by molar-refractivity contribution is 5.85. The third-order valence-corrected chi connectivity index (χ3v) is 3.85. The van der Waals surface area contributed by atoms with Crippen LogP contribution in [0.2, 0.25) is 0 Å². The van der Waals surface area contributed by atoms with E-state index in [0.29, 0.717) is 11.1 Å². The van der Waals surface area contributed by atoms with Crippen LogP contribution in [0.3, 0.4) is 0 Å². The first kappa shape index (κ1) is 12.8. The highest BCUT2D eigenvalue weighted by Gasteiger charge is 2.49. The molecule has 1 aliphatic heterocycles. The molecular formula is C13H17ClFNO. The summed E-state index contributed by atoms with van der Waals surface area (Å²) in [5, 5.41) is 13.7. The third-order valence-electron chi connectivity index (χ3n) is 3.85. The van der Waals surface area contributed by atoms with Crippen molar-refractivity contribution >= 4 is 12.4 Å². The van der Waals surface area contributed by atoms with Crippen molar-refractivity contribution in [2.75, 3.05) is 0 Å². The molecule has 2 N–H and O–H groups in total. The third kappa shape index (κ3) is 2.46. The quantitative estimate of drug-likeness (QED) is 0.854. The fourth-order valence-electron chi connectivity index (χ4n) is 2.67. The predicted molar refractivity (Wildman–Crippen MR) is 66.7 cm³/mol. The molecule has 0 unspecified atom stereocenters. The van der Waals surface area contributed by atoms with Gasteiger partial charge in [-0.25, -0.2) is 4.39 Å². The Labute approximate surface area is 107 Å². The Morgan fingerprint density at radius 1 is 1.35 bits per heavy atom. The SMILES string of the molecule is Cl.O[C@H](c1cccc(F)c1)[C@H]1CCC2(CC2)N1. The summed E-state index contributed by atoms with van der Waals surface area (Å²) in [7, 11) is 0. The predicted octanol–water partition coefficient (Wildman–Crippen LogP) is 2.57. The highest BCUT2D eigenvalue weighted by Crippen LogP contribution is 2.46. The number of aliphatic hydroxyl groups is 1. The zero-order valence-corrected chi connectivity index (χ0v) is 10.3. The first-order valence-electron chi connectivity index (χ1n) is 5.90. The number of hydrogen-bond donors (Lipinski definition) is 2. The molecular weight excluding hydrogens is 241 g/mol. The monoisotopic (exact) mass is 257 g/mol. The molecule has 2 atom stereocenters. The Morgan fingerprint density at radius 3 is 2.71 bits per heavy atom. The standard InChI is InChI=1S/C13H16FNO.ClH/c14-10-3-1-2-9(8-10)12(16)11-4-5-13(15-11)6-7-13;/h1-3,8,11-12,15-16H,4-7H2;1H/t11-,12-;/m1./s1. The lowest BCUT2D eigenvalue weighted by Crippen LogP contribution is -2.35. The van der Waals surface area contributed by atoms with Gasteiger partial charge < -0.3 is 10.4 Å². The normalized spacial score (nSPS) is 26.6. The number of rotatable bonds is 2. The van der Waals surface area contributed by atoms with Gasteiger partial charge in [0.05, 0.1) is 6.10 Å². The molecule has 2 nitrogen and oxygen atoms in total. The van der Waals surface area contributed by atoms with E-state index in [-0.39, 0.29) is 24.3 Å². The summed E-state index contributed by atoms with van der Waals surface area (Å²) in [6.07, 6.45) is 3.98. The van der Waals surface area contributed by atoms with E-state index in [1.165, 1.54) is 25.0 Å². The van der Waals surface area contributed by atoms with E-state index in [1.54, 1.807) is 12.1 Å². The minimum absolute atomic E-state index is 0. The lowest BCUT2D eigenvalue weighted by molar-refractivity contribution is 0.134. The van der Waals surface area contributed by atoms with Crippen LogP contribution in [-0.4, -0.2) is 16.7 Å². The second kappa shape index (κ2) is 4.56. The van der Waals surface area contributed by atoms with Crippen LogP contribution in [-0.2, 0) is 0 Å². The summed E-state index contributed by atoms with van der Waals surface area (Å²) in [5.74, 6) is -0.282. The minimum Gasteiger partial charge on any atom is -0.387 e. The average Bonchev–Trinajstić information content (AvgIpc) is 2.88. The van der Waals surface area contributed by atoms with Gasteiger partial charge in [-0.2, -0.15) is 0 Å². The van der Waals surface area contributed by atoms with E-state index in [1.807, 2.05) is 0 Å². The molecule has 1 saturated carbocycles. The van der Waals surface area contributed by atoms with Crippen LogP contribution in [0, 0.1) is 5.82 Å². The Hall–Kier alpha value is -0.640. The Balaban J connectivity index is 0.00000108. The largest absolute Gasteiger partial charge is 0.387 e. The molecule has 4 heteroatoms. The first-order valence-corrected chi connectivity index (χ1v) is 5.90. The molecule has 0 amide bonds. The summed E-state index contributed by atoms with van der Waals surface area (Å²) in [4.78, 5) is 0. The molecule has 1 spiro atoms. The lowest BCUT2D eigenvalue weighted by Gasteiger charge is -2.20. The molecule has 1 aromatic rings. The van der Waals surface area contributed by atoms with Crippen LogP contribution >= 0.6 is 12.4 Å². The molecule has 1 aromatic carbocycles. The zero-order chi connectivity index (χ0) is 11.2. The number of aliphatic hydroxyl groups excluding tert-OH is 1. The molecule has 2 aliphatic rings. The van der Waals surface area contributed by atoms with Crippen LogP contribution in [0.4, 0.5) is 4.39 Å². The van der Waals surface area contributed by atoms with Crippen molar-refractivity contribution in [1.29, 1.82) is 0 Å². The van der Waals surface area contributed by atoms with Crippen LogP contribution in [0.1, 0.15) is 37.4 Å². The second-order valence-electron chi connectivity index (χ2n) is 5.07. The maximum atomic E-state index is 13.0. The lowest BCUT2D eigenvalue weighted by atomic mass is 10.0. The van der Waals surface area contributed by atoms with Crippen LogP contribution in [0.5, 0.6) is 0 Å². The summed E-state index contributed by atoms with van der Waals surface area (Å²) in [6.45, 7) is 0. The van der Waals surface area contributed by atoms with Gasteiger partial charge in [0, 0.05) is 11.6 Å². The molecule has 0 radical (unpaired) electrons. The molecule has 3 rings (SSSR count). The topological polar surface area (TPSA) is 32.3 Å². The van der Waals surface area contributed by atoms with E-state index >= 15 is 0 Å². The maximum Gasteiger partial charge on any atom is 0.123 e. The highest BCUT2D eigenvalue weighted by atomic mass is 35.5. The van der Waals surface area contributed by atoms with Crippen LogP contribution in [0.15, 0.2) is 24.3 Å². The van der Waals surface area contributed by atoms with Crippen molar-refractivity contribution in [3.8, 4) is 0 Å². The second-order valence-corrected chi connectivity index (χ2v) is 5.07. The summed E-state index contributed by atoms with van der Waals surface area (Å²) >= 11 is 0. The number of nitrogens with one attached hydrogen (secondary N) is 1. The van der Waals surface area contributed by atoms with Crippen molar-refractivity contribution in [3.05, 3.63) is 35.6 Å². The summed E-state index contributed by atoms with van der Waals surface area (Å²) in [6, 6.07) is 6.35. The number of benzene rings is 1. The van der Waals surface area contributed by atoms with Gasteiger partial charge in [0.15, 0.2) is 0 Å². The van der Waals surface area contributed by atoms with E-state index in [9.17, 15) is 9.50 Å². The van der Waals surface area contributed by atoms with Gasteiger partial charge in [0.1, 0.15) is 5.82 Å². The van der Waals surface area contributed by atoms with Gasteiger partial charge in [0.2, 0.25) is 0 Å². The maximum absolute atomic E-state index is 13.0. The summed E-state index contributed by atoms with van der Waals surface area (Å²) < 4.78 is 13.0. The Kier molecular flexibility index (Phi) is 3.43.